The molecule has 3 nitrogen and oxygen atoms in total. The molecule has 1 aliphatic rings. The zero-order valence-electron chi connectivity index (χ0n) is 12.3. The number of ether oxygens (including phenoxy) is 2. The number of nitrogens with one attached hydrogen (secondary N) is 1. The standard InChI is InChI=1S/C18H21NO2/c1-19-18(13-20-15-5-3-2-4-6-15)14-7-9-16(10-8-14)21-17-11-12-17/h2-10,17-19H,11-13H2,1H3. The normalized spacial score (nSPS) is 15.5. The third kappa shape index (κ3) is 3.99. The maximum atomic E-state index is 5.82. The van der Waals surface area contributed by atoms with E-state index in [9.17, 15) is 0 Å². The minimum absolute atomic E-state index is 0.167. The SMILES string of the molecule is CNC(COc1ccccc1)c1ccc(OC2CC2)cc1. The molecule has 2 aromatic carbocycles. The van der Waals surface area contributed by atoms with Crippen molar-refractivity contribution in [1.82, 2.24) is 5.32 Å². The molecule has 0 radical (unpaired) electrons. The molecule has 0 aliphatic heterocycles. The Morgan fingerprint density at radius 3 is 2.33 bits per heavy atom. The number of para-hydroxylation sites is 1. The van der Waals surface area contributed by atoms with E-state index in [0.29, 0.717) is 12.7 Å². The van der Waals surface area contributed by atoms with E-state index in [0.717, 1.165) is 11.5 Å². The monoisotopic (exact) mass is 283 g/mol. The second-order valence-electron chi connectivity index (χ2n) is 5.35. The first-order chi connectivity index (χ1) is 10.3. The summed E-state index contributed by atoms with van der Waals surface area (Å²) in [6.07, 6.45) is 2.81. The van der Waals surface area contributed by atoms with Crippen molar-refractivity contribution < 1.29 is 9.47 Å². The zero-order chi connectivity index (χ0) is 14.5. The molecule has 1 atom stereocenters. The summed E-state index contributed by atoms with van der Waals surface area (Å²) >= 11 is 0. The predicted octanol–water partition coefficient (Wildman–Crippen LogP) is 3.57. The van der Waals surface area contributed by atoms with Gasteiger partial charge in [-0.05, 0) is 49.7 Å². The van der Waals surface area contributed by atoms with Gasteiger partial charge in [-0.15, -0.1) is 0 Å². The Bertz CT molecular complexity index is 549. The van der Waals surface area contributed by atoms with Crippen LogP contribution in [0.25, 0.3) is 0 Å². The van der Waals surface area contributed by atoms with E-state index in [2.05, 4.69) is 17.4 Å². The topological polar surface area (TPSA) is 30.5 Å². The third-order valence-corrected chi connectivity index (χ3v) is 3.62. The first-order valence-electron chi connectivity index (χ1n) is 7.47. The van der Waals surface area contributed by atoms with Crippen LogP contribution in [-0.2, 0) is 0 Å². The van der Waals surface area contributed by atoms with Gasteiger partial charge in [0, 0.05) is 0 Å². The van der Waals surface area contributed by atoms with E-state index in [1.165, 1.54) is 18.4 Å². The summed E-state index contributed by atoms with van der Waals surface area (Å²) in [6, 6.07) is 18.3. The average molecular weight is 283 g/mol. The van der Waals surface area contributed by atoms with E-state index in [4.69, 9.17) is 9.47 Å². The van der Waals surface area contributed by atoms with Gasteiger partial charge in [-0.3, -0.25) is 0 Å². The molecule has 0 saturated heterocycles. The fourth-order valence-corrected chi connectivity index (χ4v) is 2.20. The van der Waals surface area contributed by atoms with Crippen LogP contribution in [0.4, 0.5) is 0 Å². The van der Waals surface area contributed by atoms with Crippen LogP contribution in [0.1, 0.15) is 24.4 Å². The molecular formula is C18H21NO2. The molecule has 21 heavy (non-hydrogen) atoms. The van der Waals surface area contributed by atoms with E-state index in [1.54, 1.807) is 0 Å². The van der Waals surface area contributed by atoms with Gasteiger partial charge in [0.2, 0.25) is 0 Å². The lowest BCUT2D eigenvalue weighted by Gasteiger charge is -2.18. The fourth-order valence-electron chi connectivity index (χ4n) is 2.20. The molecule has 3 heteroatoms. The van der Waals surface area contributed by atoms with Gasteiger partial charge < -0.3 is 14.8 Å². The molecule has 1 aliphatic carbocycles. The summed E-state index contributed by atoms with van der Waals surface area (Å²) in [4.78, 5) is 0. The molecular weight excluding hydrogens is 262 g/mol. The minimum Gasteiger partial charge on any atom is -0.492 e. The van der Waals surface area contributed by atoms with E-state index in [-0.39, 0.29) is 6.04 Å². The lowest BCUT2D eigenvalue weighted by atomic mass is 10.1. The summed E-state index contributed by atoms with van der Waals surface area (Å²) < 4.78 is 11.6. The highest BCUT2D eigenvalue weighted by Gasteiger charge is 2.23. The van der Waals surface area contributed by atoms with E-state index < -0.39 is 0 Å². The Labute approximate surface area is 125 Å². The van der Waals surface area contributed by atoms with Gasteiger partial charge in [0.25, 0.3) is 0 Å². The van der Waals surface area contributed by atoms with Crippen molar-refractivity contribution in [2.24, 2.45) is 0 Å². The summed E-state index contributed by atoms with van der Waals surface area (Å²) in [5.74, 6) is 1.85. The zero-order valence-corrected chi connectivity index (χ0v) is 12.3. The summed E-state index contributed by atoms with van der Waals surface area (Å²) in [7, 11) is 1.95. The average Bonchev–Trinajstić information content (AvgIpc) is 3.34. The highest BCUT2D eigenvalue weighted by atomic mass is 16.5. The number of hydrogen-bond donors (Lipinski definition) is 1. The maximum absolute atomic E-state index is 5.82. The second-order valence-corrected chi connectivity index (χ2v) is 5.35. The van der Waals surface area contributed by atoms with Crippen LogP contribution >= 0.6 is 0 Å². The van der Waals surface area contributed by atoms with Gasteiger partial charge in [0.05, 0.1) is 12.1 Å². The van der Waals surface area contributed by atoms with Crippen LogP contribution in [0, 0.1) is 0 Å². The number of benzene rings is 2. The van der Waals surface area contributed by atoms with Gasteiger partial charge in [-0.25, -0.2) is 0 Å². The third-order valence-electron chi connectivity index (χ3n) is 3.62. The van der Waals surface area contributed by atoms with Gasteiger partial charge in [0.15, 0.2) is 0 Å². The molecule has 0 spiro atoms. The molecule has 1 fully saturated rings. The molecule has 0 aromatic heterocycles. The molecule has 110 valence electrons. The van der Waals surface area contributed by atoms with Crippen LogP contribution in [0.15, 0.2) is 54.6 Å². The van der Waals surface area contributed by atoms with Gasteiger partial charge in [-0.1, -0.05) is 30.3 Å². The molecule has 1 N–H and O–H groups in total. The van der Waals surface area contributed by atoms with Crippen LogP contribution in [0.5, 0.6) is 11.5 Å². The van der Waals surface area contributed by atoms with Crippen molar-refractivity contribution >= 4 is 0 Å². The summed E-state index contributed by atoms with van der Waals surface area (Å²) in [6.45, 7) is 0.601. The summed E-state index contributed by atoms with van der Waals surface area (Å²) in [5.41, 5.74) is 1.21. The minimum atomic E-state index is 0.167. The first-order valence-corrected chi connectivity index (χ1v) is 7.47. The van der Waals surface area contributed by atoms with Crippen molar-refractivity contribution in [2.45, 2.75) is 25.0 Å². The number of likely N-dealkylation sites (N-methyl/N-ethyl adjacent to an activating group) is 1. The van der Waals surface area contributed by atoms with Crippen molar-refractivity contribution in [1.29, 1.82) is 0 Å². The van der Waals surface area contributed by atoms with Crippen LogP contribution < -0.4 is 14.8 Å². The van der Waals surface area contributed by atoms with Gasteiger partial charge in [-0.2, -0.15) is 0 Å². The second kappa shape index (κ2) is 6.64. The maximum Gasteiger partial charge on any atom is 0.119 e. The van der Waals surface area contributed by atoms with Gasteiger partial charge >= 0.3 is 0 Å². The Morgan fingerprint density at radius 1 is 1.00 bits per heavy atom. The van der Waals surface area contributed by atoms with Crippen molar-refractivity contribution in [3.8, 4) is 11.5 Å². The first kappa shape index (κ1) is 14.0. The van der Waals surface area contributed by atoms with Crippen LogP contribution in [0.3, 0.4) is 0 Å². The van der Waals surface area contributed by atoms with Crippen LogP contribution in [0.2, 0.25) is 0 Å². The van der Waals surface area contributed by atoms with Crippen molar-refractivity contribution in [3.63, 3.8) is 0 Å². The largest absolute Gasteiger partial charge is 0.492 e. The summed E-state index contributed by atoms with van der Waals surface area (Å²) in [5, 5.41) is 3.30. The smallest absolute Gasteiger partial charge is 0.119 e. The van der Waals surface area contributed by atoms with Gasteiger partial charge in [0.1, 0.15) is 18.1 Å². The highest BCUT2D eigenvalue weighted by Crippen LogP contribution is 2.27. The Balaban J connectivity index is 1.59. The lowest BCUT2D eigenvalue weighted by molar-refractivity contribution is 0.272. The van der Waals surface area contributed by atoms with E-state index >= 15 is 0 Å². The van der Waals surface area contributed by atoms with Crippen LogP contribution in [-0.4, -0.2) is 19.8 Å². The Morgan fingerprint density at radius 2 is 1.71 bits per heavy atom. The molecule has 0 bridgehead atoms. The molecule has 1 unspecified atom stereocenters. The molecule has 1 saturated carbocycles. The number of hydrogen-bond acceptors (Lipinski definition) is 3. The Hall–Kier alpha value is -2.00. The molecule has 0 amide bonds. The molecule has 2 aromatic rings. The molecule has 0 heterocycles. The van der Waals surface area contributed by atoms with Crippen molar-refractivity contribution in [2.75, 3.05) is 13.7 Å². The lowest BCUT2D eigenvalue weighted by Crippen LogP contribution is -2.23. The van der Waals surface area contributed by atoms with E-state index in [1.807, 2.05) is 49.5 Å². The molecule has 3 rings (SSSR count). The predicted molar refractivity (Wildman–Crippen MR) is 83.8 cm³/mol. The highest BCUT2D eigenvalue weighted by molar-refractivity contribution is 5.30. The Kier molecular flexibility index (Phi) is 4.41. The quantitative estimate of drug-likeness (QED) is 0.842. The number of rotatable bonds is 7. The van der Waals surface area contributed by atoms with Crippen molar-refractivity contribution in [3.05, 3.63) is 60.2 Å². The fraction of sp³-hybridized carbons (Fsp3) is 0.333.